The average Bonchev–Trinajstić information content (AvgIpc) is 2.87. The molecule has 0 aromatic carbocycles. The van der Waals surface area contributed by atoms with Crippen molar-refractivity contribution in [1.82, 2.24) is 5.32 Å². The number of carbonyl (C=O) groups is 1. The summed E-state index contributed by atoms with van der Waals surface area (Å²) in [5, 5.41) is 21.7. The molecule has 1 aromatic rings. The lowest BCUT2D eigenvalue weighted by atomic mass is 9.98. The zero-order valence-electron chi connectivity index (χ0n) is 12.7. The number of fused-ring (bicyclic) bond motifs is 1. The van der Waals surface area contributed by atoms with E-state index in [1.807, 2.05) is 13.0 Å². The first-order valence-electron chi connectivity index (χ1n) is 7.80. The Morgan fingerprint density at radius 2 is 1.90 bits per heavy atom. The van der Waals surface area contributed by atoms with Crippen LogP contribution in [0.3, 0.4) is 0 Å². The van der Waals surface area contributed by atoms with E-state index in [1.54, 1.807) is 11.3 Å². The summed E-state index contributed by atoms with van der Waals surface area (Å²) in [5.74, 6) is -0.184. The fourth-order valence-corrected chi connectivity index (χ4v) is 3.85. The molecule has 2 rings (SSSR count). The third kappa shape index (κ3) is 3.84. The van der Waals surface area contributed by atoms with Crippen LogP contribution in [0.25, 0.3) is 0 Å². The van der Waals surface area contributed by atoms with Crippen LogP contribution in [-0.2, 0) is 12.8 Å². The van der Waals surface area contributed by atoms with Gasteiger partial charge in [0.15, 0.2) is 0 Å². The lowest BCUT2D eigenvalue weighted by Gasteiger charge is -2.29. The SMILES string of the molecule is CCC(CO)(CO)NC(=O)c1cc2c(s1)CCCCCC2. The van der Waals surface area contributed by atoms with E-state index < -0.39 is 5.54 Å². The van der Waals surface area contributed by atoms with Crippen molar-refractivity contribution in [3.05, 3.63) is 21.4 Å². The van der Waals surface area contributed by atoms with Gasteiger partial charge in [-0.15, -0.1) is 11.3 Å². The van der Waals surface area contributed by atoms with Gasteiger partial charge in [-0.2, -0.15) is 0 Å². The van der Waals surface area contributed by atoms with E-state index in [0.29, 0.717) is 11.3 Å². The fraction of sp³-hybridized carbons (Fsp3) is 0.688. The molecule has 0 unspecified atom stereocenters. The highest BCUT2D eigenvalue weighted by atomic mass is 32.1. The minimum atomic E-state index is -0.921. The van der Waals surface area contributed by atoms with Crippen LogP contribution in [0, 0.1) is 0 Å². The largest absolute Gasteiger partial charge is 0.394 e. The number of amides is 1. The van der Waals surface area contributed by atoms with Crippen LogP contribution >= 0.6 is 11.3 Å². The maximum Gasteiger partial charge on any atom is 0.261 e. The number of aliphatic hydroxyl groups excluding tert-OH is 2. The van der Waals surface area contributed by atoms with E-state index in [4.69, 9.17) is 0 Å². The van der Waals surface area contributed by atoms with E-state index >= 15 is 0 Å². The summed E-state index contributed by atoms with van der Waals surface area (Å²) in [5.41, 5.74) is 0.384. The molecule has 1 heterocycles. The summed E-state index contributed by atoms with van der Waals surface area (Å²) in [6.07, 6.45) is 7.54. The Hall–Kier alpha value is -0.910. The van der Waals surface area contributed by atoms with Crippen molar-refractivity contribution >= 4 is 17.2 Å². The van der Waals surface area contributed by atoms with Gasteiger partial charge in [0.05, 0.1) is 23.6 Å². The van der Waals surface area contributed by atoms with Crippen LogP contribution in [-0.4, -0.2) is 34.9 Å². The monoisotopic (exact) mass is 311 g/mol. The standard InChI is InChI=1S/C16H25NO3S/c1-2-16(10-18,11-19)17-15(20)14-9-12-7-5-3-4-6-8-13(12)21-14/h9,18-19H,2-8,10-11H2,1H3,(H,17,20). The summed E-state index contributed by atoms with van der Waals surface area (Å²) in [7, 11) is 0. The molecule has 118 valence electrons. The van der Waals surface area contributed by atoms with E-state index in [-0.39, 0.29) is 19.1 Å². The molecule has 0 fully saturated rings. The van der Waals surface area contributed by atoms with Crippen molar-refractivity contribution in [1.29, 1.82) is 0 Å². The van der Waals surface area contributed by atoms with Crippen LogP contribution in [0.15, 0.2) is 6.07 Å². The van der Waals surface area contributed by atoms with Crippen molar-refractivity contribution in [3.63, 3.8) is 0 Å². The topological polar surface area (TPSA) is 69.6 Å². The van der Waals surface area contributed by atoms with Gasteiger partial charge in [0.1, 0.15) is 0 Å². The van der Waals surface area contributed by atoms with Crippen molar-refractivity contribution < 1.29 is 15.0 Å². The molecule has 0 aliphatic heterocycles. The smallest absolute Gasteiger partial charge is 0.261 e. The van der Waals surface area contributed by atoms with Gasteiger partial charge in [0.25, 0.3) is 5.91 Å². The second-order valence-electron chi connectivity index (χ2n) is 5.88. The number of hydrogen-bond donors (Lipinski definition) is 3. The van der Waals surface area contributed by atoms with Gasteiger partial charge in [-0.25, -0.2) is 0 Å². The molecule has 1 aliphatic carbocycles. The van der Waals surface area contributed by atoms with Gasteiger partial charge in [0.2, 0.25) is 0 Å². The van der Waals surface area contributed by atoms with Crippen molar-refractivity contribution in [2.24, 2.45) is 0 Å². The Morgan fingerprint density at radius 1 is 1.24 bits per heavy atom. The highest BCUT2D eigenvalue weighted by Crippen LogP contribution is 2.28. The quantitative estimate of drug-likeness (QED) is 0.781. The number of aliphatic hydroxyl groups is 2. The summed E-state index contributed by atoms with van der Waals surface area (Å²) in [6, 6.07) is 2.00. The minimum absolute atomic E-state index is 0.184. The number of aryl methyl sites for hydroxylation is 2. The highest BCUT2D eigenvalue weighted by molar-refractivity contribution is 7.14. The molecule has 0 radical (unpaired) electrons. The maximum absolute atomic E-state index is 12.4. The van der Waals surface area contributed by atoms with Gasteiger partial charge in [-0.1, -0.05) is 19.8 Å². The van der Waals surface area contributed by atoms with Gasteiger partial charge >= 0.3 is 0 Å². The molecule has 0 bridgehead atoms. The van der Waals surface area contributed by atoms with Gasteiger partial charge in [-0.05, 0) is 43.7 Å². The molecule has 1 aliphatic rings. The van der Waals surface area contributed by atoms with Crippen LogP contribution in [0.2, 0.25) is 0 Å². The molecule has 0 atom stereocenters. The number of rotatable bonds is 5. The second kappa shape index (κ2) is 7.38. The first kappa shape index (κ1) is 16.5. The van der Waals surface area contributed by atoms with Crippen LogP contribution in [0.1, 0.15) is 59.1 Å². The molecule has 1 amide bonds. The van der Waals surface area contributed by atoms with Crippen molar-refractivity contribution in [2.75, 3.05) is 13.2 Å². The molecule has 4 nitrogen and oxygen atoms in total. The molecule has 21 heavy (non-hydrogen) atoms. The Morgan fingerprint density at radius 3 is 2.52 bits per heavy atom. The normalized spacial score (nSPS) is 16.0. The summed E-state index contributed by atoms with van der Waals surface area (Å²) in [6.45, 7) is 1.34. The third-order valence-corrected chi connectivity index (χ3v) is 5.62. The fourth-order valence-electron chi connectivity index (χ4n) is 2.70. The highest BCUT2D eigenvalue weighted by Gasteiger charge is 2.29. The predicted octanol–water partition coefficient (Wildman–Crippen LogP) is 2.27. The Balaban J connectivity index is 2.14. The molecule has 0 spiro atoms. The lowest BCUT2D eigenvalue weighted by Crippen LogP contribution is -2.53. The Bertz CT molecular complexity index is 446. The second-order valence-corrected chi connectivity index (χ2v) is 7.01. The first-order valence-corrected chi connectivity index (χ1v) is 8.61. The Labute approximate surface area is 130 Å². The summed E-state index contributed by atoms with van der Waals surface area (Å²) >= 11 is 1.56. The third-order valence-electron chi connectivity index (χ3n) is 4.38. The van der Waals surface area contributed by atoms with E-state index in [9.17, 15) is 15.0 Å². The summed E-state index contributed by atoms with van der Waals surface area (Å²) in [4.78, 5) is 14.4. The van der Waals surface area contributed by atoms with Crippen LogP contribution in [0.4, 0.5) is 0 Å². The van der Waals surface area contributed by atoms with Gasteiger partial charge in [-0.3, -0.25) is 4.79 Å². The molecule has 3 N–H and O–H groups in total. The lowest BCUT2D eigenvalue weighted by molar-refractivity contribution is 0.0656. The predicted molar refractivity (Wildman–Crippen MR) is 84.9 cm³/mol. The molecule has 5 heteroatoms. The van der Waals surface area contributed by atoms with Crippen LogP contribution < -0.4 is 5.32 Å². The van der Waals surface area contributed by atoms with Crippen molar-refractivity contribution in [3.8, 4) is 0 Å². The molecular weight excluding hydrogens is 286 g/mol. The molecule has 1 aromatic heterocycles. The van der Waals surface area contributed by atoms with E-state index in [0.717, 1.165) is 12.8 Å². The van der Waals surface area contributed by atoms with E-state index in [1.165, 1.54) is 36.1 Å². The zero-order valence-corrected chi connectivity index (χ0v) is 13.5. The molecule has 0 saturated carbocycles. The average molecular weight is 311 g/mol. The number of hydrogen-bond acceptors (Lipinski definition) is 4. The summed E-state index contributed by atoms with van der Waals surface area (Å²) < 4.78 is 0. The first-order chi connectivity index (χ1) is 10.1. The zero-order chi connectivity index (χ0) is 15.3. The number of carbonyl (C=O) groups excluding carboxylic acids is 1. The van der Waals surface area contributed by atoms with Crippen LogP contribution in [0.5, 0.6) is 0 Å². The van der Waals surface area contributed by atoms with E-state index in [2.05, 4.69) is 5.32 Å². The molecule has 0 saturated heterocycles. The minimum Gasteiger partial charge on any atom is -0.394 e. The maximum atomic E-state index is 12.4. The van der Waals surface area contributed by atoms with Gasteiger partial charge < -0.3 is 15.5 Å². The number of thiophene rings is 1. The van der Waals surface area contributed by atoms with Crippen molar-refractivity contribution in [2.45, 2.75) is 57.4 Å². The van der Waals surface area contributed by atoms with Gasteiger partial charge in [0, 0.05) is 4.88 Å². The Kier molecular flexibility index (Phi) is 5.79. The molecular formula is C16H25NO3S. The number of nitrogens with one attached hydrogen (secondary N) is 1.